The number of hydrogen-bond acceptors (Lipinski definition) is 3. The maximum Gasteiger partial charge on any atom is 0.119 e. The van der Waals surface area contributed by atoms with E-state index in [4.69, 9.17) is 4.74 Å². The fraction of sp³-hybridized carbons (Fsp3) is 0.455. The highest BCUT2D eigenvalue weighted by Crippen LogP contribution is 2.25. The van der Waals surface area contributed by atoms with Crippen LogP contribution in [-0.2, 0) is 6.42 Å². The Morgan fingerprint density at radius 3 is 2.64 bits per heavy atom. The van der Waals surface area contributed by atoms with Crippen LogP contribution in [0.1, 0.15) is 18.1 Å². The summed E-state index contributed by atoms with van der Waals surface area (Å²) in [5.41, 5.74) is 2.80. The first kappa shape index (κ1) is 18.3. The molecular formula is C22H29NOS. The van der Waals surface area contributed by atoms with Crippen LogP contribution in [0.5, 0.6) is 5.75 Å². The number of aryl methyl sites for hydroxylation is 1. The van der Waals surface area contributed by atoms with E-state index in [1.165, 1.54) is 22.6 Å². The summed E-state index contributed by atoms with van der Waals surface area (Å²) in [6, 6.07) is 17.3. The van der Waals surface area contributed by atoms with Gasteiger partial charge in [-0.2, -0.15) is 0 Å². The Bertz CT molecular complexity index is 670. The standard InChI is InChI=1S/C22H29NOS/c1-17-5-4-6-19(13-17)11-12-23-14-18(2)20(15-23)16-24-21-7-9-22(25-3)10-8-21/h4-10,13,18,20H,11-12,14-16H2,1-3H3. The topological polar surface area (TPSA) is 12.5 Å². The number of likely N-dealkylation sites (tertiary alicyclic amines) is 1. The monoisotopic (exact) mass is 355 g/mol. The van der Waals surface area contributed by atoms with E-state index in [-0.39, 0.29) is 0 Å². The van der Waals surface area contributed by atoms with Gasteiger partial charge in [0.1, 0.15) is 5.75 Å². The van der Waals surface area contributed by atoms with Crippen molar-refractivity contribution in [3.8, 4) is 5.75 Å². The number of ether oxygens (including phenoxy) is 1. The van der Waals surface area contributed by atoms with Crippen LogP contribution < -0.4 is 4.74 Å². The number of rotatable bonds is 7. The van der Waals surface area contributed by atoms with Crippen LogP contribution >= 0.6 is 11.8 Å². The van der Waals surface area contributed by atoms with Gasteiger partial charge >= 0.3 is 0 Å². The molecule has 0 saturated carbocycles. The summed E-state index contributed by atoms with van der Waals surface area (Å²) >= 11 is 1.76. The van der Waals surface area contributed by atoms with Crippen LogP contribution in [0.25, 0.3) is 0 Å². The van der Waals surface area contributed by atoms with Crippen molar-refractivity contribution in [1.82, 2.24) is 4.90 Å². The lowest BCUT2D eigenvalue weighted by atomic mass is 9.99. The zero-order chi connectivity index (χ0) is 17.6. The molecule has 1 heterocycles. The Morgan fingerprint density at radius 2 is 1.92 bits per heavy atom. The van der Waals surface area contributed by atoms with Gasteiger partial charge in [0.2, 0.25) is 0 Å². The fourth-order valence-corrected chi connectivity index (χ4v) is 3.98. The van der Waals surface area contributed by atoms with Gasteiger partial charge in [0.15, 0.2) is 0 Å². The van der Waals surface area contributed by atoms with E-state index < -0.39 is 0 Å². The largest absolute Gasteiger partial charge is 0.493 e. The van der Waals surface area contributed by atoms with Gasteiger partial charge in [0, 0.05) is 30.4 Å². The van der Waals surface area contributed by atoms with Crippen LogP contribution in [-0.4, -0.2) is 37.4 Å². The minimum Gasteiger partial charge on any atom is -0.493 e. The molecule has 0 aromatic heterocycles. The second-order valence-corrected chi connectivity index (χ2v) is 8.10. The lowest BCUT2D eigenvalue weighted by Gasteiger charge is -2.17. The summed E-state index contributed by atoms with van der Waals surface area (Å²) in [5.74, 6) is 2.31. The van der Waals surface area contributed by atoms with Crippen molar-refractivity contribution in [2.45, 2.75) is 25.2 Å². The number of thioether (sulfide) groups is 1. The Hall–Kier alpha value is -1.45. The maximum atomic E-state index is 6.05. The van der Waals surface area contributed by atoms with Gasteiger partial charge in [-0.05, 0) is 55.3 Å². The molecule has 0 N–H and O–H groups in total. The highest BCUT2D eigenvalue weighted by molar-refractivity contribution is 7.98. The zero-order valence-electron chi connectivity index (χ0n) is 15.6. The van der Waals surface area contributed by atoms with E-state index in [1.54, 1.807) is 11.8 Å². The van der Waals surface area contributed by atoms with Gasteiger partial charge in [0.05, 0.1) is 6.61 Å². The van der Waals surface area contributed by atoms with Gasteiger partial charge in [-0.25, -0.2) is 0 Å². The number of benzene rings is 2. The van der Waals surface area contributed by atoms with Crippen molar-refractivity contribution in [1.29, 1.82) is 0 Å². The number of hydrogen-bond donors (Lipinski definition) is 0. The van der Waals surface area contributed by atoms with Crippen molar-refractivity contribution in [2.24, 2.45) is 11.8 Å². The molecule has 3 heteroatoms. The molecule has 3 rings (SSSR count). The molecule has 134 valence electrons. The molecule has 0 aliphatic carbocycles. The molecular weight excluding hydrogens is 326 g/mol. The SMILES string of the molecule is CSc1ccc(OCC2CN(CCc3cccc(C)c3)CC2C)cc1. The minimum absolute atomic E-state index is 0.623. The van der Waals surface area contributed by atoms with E-state index in [0.717, 1.165) is 31.9 Å². The maximum absolute atomic E-state index is 6.05. The first-order valence-electron chi connectivity index (χ1n) is 9.19. The van der Waals surface area contributed by atoms with Gasteiger partial charge in [-0.3, -0.25) is 0 Å². The minimum atomic E-state index is 0.623. The second kappa shape index (κ2) is 8.77. The van der Waals surface area contributed by atoms with E-state index in [2.05, 4.69) is 73.5 Å². The fourth-order valence-electron chi connectivity index (χ4n) is 3.57. The lowest BCUT2D eigenvalue weighted by Crippen LogP contribution is -2.24. The average molecular weight is 356 g/mol. The quantitative estimate of drug-likeness (QED) is 0.655. The highest BCUT2D eigenvalue weighted by atomic mass is 32.2. The van der Waals surface area contributed by atoms with Crippen molar-refractivity contribution in [2.75, 3.05) is 32.5 Å². The van der Waals surface area contributed by atoms with Crippen LogP contribution in [0, 0.1) is 18.8 Å². The predicted octanol–water partition coefficient (Wildman–Crippen LogP) is 4.91. The summed E-state index contributed by atoms with van der Waals surface area (Å²) in [7, 11) is 0. The van der Waals surface area contributed by atoms with Crippen LogP contribution in [0.2, 0.25) is 0 Å². The molecule has 2 unspecified atom stereocenters. The van der Waals surface area contributed by atoms with Crippen molar-refractivity contribution >= 4 is 11.8 Å². The van der Waals surface area contributed by atoms with E-state index in [1.807, 2.05) is 0 Å². The third-order valence-electron chi connectivity index (χ3n) is 5.17. The van der Waals surface area contributed by atoms with Gasteiger partial charge in [-0.15, -0.1) is 11.8 Å². The van der Waals surface area contributed by atoms with Crippen LogP contribution in [0.15, 0.2) is 53.4 Å². The van der Waals surface area contributed by atoms with Gasteiger partial charge in [0.25, 0.3) is 0 Å². The van der Waals surface area contributed by atoms with Crippen LogP contribution in [0.4, 0.5) is 0 Å². The molecule has 2 aromatic carbocycles. The lowest BCUT2D eigenvalue weighted by molar-refractivity contribution is 0.225. The normalized spacial score (nSPS) is 20.8. The van der Waals surface area contributed by atoms with Gasteiger partial charge < -0.3 is 9.64 Å². The molecule has 0 radical (unpaired) electrons. The molecule has 2 nitrogen and oxygen atoms in total. The Morgan fingerprint density at radius 1 is 1.12 bits per heavy atom. The smallest absolute Gasteiger partial charge is 0.119 e. The summed E-state index contributed by atoms with van der Waals surface area (Å²) in [6.07, 6.45) is 3.24. The molecule has 2 aromatic rings. The second-order valence-electron chi connectivity index (χ2n) is 7.22. The summed E-state index contributed by atoms with van der Waals surface area (Å²) < 4.78 is 6.05. The van der Waals surface area contributed by atoms with Gasteiger partial charge in [-0.1, -0.05) is 36.8 Å². The molecule has 0 spiro atoms. The first-order chi connectivity index (χ1) is 12.1. The molecule has 1 aliphatic rings. The van der Waals surface area contributed by atoms with Crippen LogP contribution in [0.3, 0.4) is 0 Å². The molecule has 2 atom stereocenters. The Kier molecular flexibility index (Phi) is 6.44. The molecule has 0 amide bonds. The molecule has 0 bridgehead atoms. The van der Waals surface area contributed by atoms with Crippen molar-refractivity contribution in [3.05, 3.63) is 59.7 Å². The first-order valence-corrected chi connectivity index (χ1v) is 10.4. The summed E-state index contributed by atoms with van der Waals surface area (Å²) in [5, 5.41) is 0. The van der Waals surface area contributed by atoms with E-state index in [0.29, 0.717) is 11.8 Å². The van der Waals surface area contributed by atoms with Crippen molar-refractivity contribution < 1.29 is 4.74 Å². The summed E-state index contributed by atoms with van der Waals surface area (Å²) in [6.45, 7) is 8.83. The Balaban J connectivity index is 1.46. The average Bonchev–Trinajstić information content (AvgIpc) is 2.98. The molecule has 1 saturated heterocycles. The predicted molar refractivity (Wildman–Crippen MR) is 108 cm³/mol. The third-order valence-corrected chi connectivity index (χ3v) is 5.91. The molecule has 1 aliphatic heterocycles. The zero-order valence-corrected chi connectivity index (χ0v) is 16.4. The Labute approximate surface area is 156 Å². The molecule has 1 fully saturated rings. The van der Waals surface area contributed by atoms with E-state index in [9.17, 15) is 0 Å². The third kappa shape index (κ3) is 5.26. The molecule has 25 heavy (non-hydrogen) atoms. The highest BCUT2D eigenvalue weighted by Gasteiger charge is 2.29. The number of nitrogens with zero attached hydrogens (tertiary/aromatic N) is 1. The summed E-state index contributed by atoms with van der Waals surface area (Å²) in [4.78, 5) is 3.88. The van der Waals surface area contributed by atoms with Crippen molar-refractivity contribution in [3.63, 3.8) is 0 Å². The van der Waals surface area contributed by atoms with E-state index >= 15 is 0 Å².